The Balaban J connectivity index is 2.37. The maximum atomic E-state index is 9.37. The van der Waals surface area contributed by atoms with Gasteiger partial charge in [-0.3, -0.25) is 0 Å². The van der Waals surface area contributed by atoms with Crippen LogP contribution in [0, 0.1) is 0 Å². The first-order valence-corrected chi connectivity index (χ1v) is 6.37. The molecule has 18 heavy (non-hydrogen) atoms. The molecule has 0 aliphatic rings. The summed E-state index contributed by atoms with van der Waals surface area (Å²) >= 11 is 0. The van der Waals surface area contributed by atoms with Gasteiger partial charge in [-0.05, 0) is 37.1 Å². The molecule has 0 fully saturated rings. The first kappa shape index (κ1) is 14.8. The average Bonchev–Trinajstić information content (AvgIpc) is 2.43. The third-order valence-corrected chi connectivity index (χ3v) is 2.65. The van der Waals surface area contributed by atoms with Gasteiger partial charge < -0.3 is 19.7 Å². The van der Waals surface area contributed by atoms with Crippen molar-refractivity contribution in [3.05, 3.63) is 24.3 Å². The van der Waals surface area contributed by atoms with Crippen LogP contribution in [0.15, 0.2) is 24.3 Å². The van der Waals surface area contributed by atoms with Crippen LogP contribution in [0.25, 0.3) is 0 Å². The molecule has 0 bridgehead atoms. The van der Waals surface area contributed by atoms with Crippen LogP contribution in [0.1, 0.15) is 26.7 Å². The van der Waals surface area contributed by atoms with Gasteiger partial charge in [-0.1, -0.05) is 13.8 Å². The summed E-state index contributed by atoms with van der Waals surface area (Å²) in [5, 5.41) is 18.7. The minimum atomic E-state index is -0.430. The number of rotatable bonds is 8. The maximum absolute atomic E-state index is 9.37. The van der Waals surface area contributed by atoms with Crippen LogP contribution < -0.4 is 9.47 Å². The molecule has 0 aliphatic heterocycles. The molecule has 0 radical (unpaired) electrons. The van der Waals surface area contributed by atoms with Crippen LogP contribution in [-0.2, 0) is 0 Å². The number of hydrogen-bond donors (Lipinski definition) is 2. The van der Waals surface area contributed by atoms with Gasteiger partial charge in [0.1, 0.15) is 24.7 Å². The van der Waals surface area contributed by atoms with Crippen molar-refractivity contribution in [1.82, 2.24) is 0 Å². The average molecular weight is 254 g/mol. The summed E-state index contributed by atoms with van der Waals surface area (Å²) in [5.74, 6) is 1.40. The van der Waals surface area contributed by atoms with Gasteiger partial charge in [-0.25, -0.2) is 0 Å². The van der Waals surface area contributed by atoms with E-state index in [1.807, 2.05) is 13.8 Å². The SMILES string of the molecule is CCC(O)COc1ccc(OCC(O)CC)cc1. The molecule has 0 amide bonds. The zero-order valence-corrected chi connectivity index (χ0v) is 11.0. The van der Waals surface area contributed by atoms with E-state index < -0.39 is 12.2 Å². The second-order valence-corrected chi connectivity index (χ2v) is 4.22. The minimum absolute atomic E-state index is 0.297. The lowest BCUT2D eigenvalue weighted by Crippen LogP contribution is -2.16. The Morgan fingerprint density at radius 2 is 1.17 bits per heavy atom. The lowest BCUT2D eigenvalue weighted by Gasteiger charge is -2.12. The molecule has 0 aromatic heterocycles. The zero-order valence-electron chi connectivity index (χ0n) is 11.0. The van der Waals surface area contributed by atoms with Crippen LogP contribution in [0.5, 0.6) is 11.5 Å². The van der Waals surface area contributed by atoms with Gasteiger partial charge in [-0.2, -0.15) is 0 Å². The molecule has 2 atom stereocenters. The fourth-order valence-corrected chi connectivity index (χ4v) is 1.25. The van der Waals surface area contributed by atoms with Crippen molar-refractivity contribution in [2.75, 3.05) is 13.2 Å². The van der Waals surface area contributed by atoms with Gasteiger partial charge in [0.2, 0.25) is 0 Å². The van der Waals surface area contributed by atoms with Crippen molar-refractivity contribution in [2.45, 2.75) is 38.9 Å². The highest BCUT2D eigenvalue weighted by molar-refractivity contribution is 5.31. The number of ether oxygens (including phenoxy) is 2. The molecule has 2 unspecified atom stereocenters. The van der Waals surface area contributed by atoms with Gasteiger partial charge in [-0.15, -0.1) is 0 Å². The molecule has 0 saturated heterocycles. The Bertz CT molecular complexity index is 290. The van der Waals surface area contributed by atoms with Crippen LogP contribution in [0.3, 0.4) is 0 Å². The summed E-state index contributed by atoms with van der Waals surface area (Å²) in [4.78, 5) is 0. The predicted octanol–water partition coefficient (Wildman–Crippen LogP) is 1.99. The maximum Gasteiger partial charge on any atom is 0.119 e. The lowest BCUT2D eigenvalue weighted by atomic mass is 10.3. The molecule has 1 aromatic rings. The normalized spacial score (nSPS) is 14.0. The fraction of sp³-hybridized carbons (Fsp3) is 0.571. The molecular weight excluding hydrogens is 232 g/mol. The van der Waals surface area contributed by atoms with Gasteiger partial charge in [0.15, 0.2) is 0 Å². The Morgan fingerprint density at radius 1 is 0.833 bits per heavy atom. The molecule has 4 heteroatoms. The molecule has 0 saturated carbocycles. The summed E-state index contributed by atoms with van der Waals surface area (Å²) in [5.41, 5.74) is 0. The summed E-state index contributed by atoms with van der Waals surface area (Å²) < 4.78 is 10.8. The molecule has 1 rings (SSSR count). The monoisotopic (exact) mass is 254 g/mol. The molecule has 1 aromatic carbocycles. The highest BCUT2D eigenvalue weighted by atomic mass is 16.5. The predicted molar refractivity (Wildman–Crippen MR) is 70.0 cm³/mol. The first-order valence-electron chi connectivity index (χ1n) is 6.37. The van der Waals surface area contributed by atoms with E-state index in [1.54, 1.807) is 24.3 Å². The topological polar surface area (TPSA) is 58.9 Å². The molecule has 102 valence electrons. The second-order valence-electron chi connectivity index (χ2n) is 4.22. The first-order chi connectivity index (χ1) is 8.65. The summed E-state index contributed by atoms with van der Waals surface area (Å²) in [6, 6.07) is 7.15. The van der Waals surface area contributed by atoms with E-state index in [0.29, 0.717) is 37.6 Å². The number of aliphatic hydroxyl groups excluding tert-OH is 2. The smallest absolute Gasteiger partial charge is 0.119 e. The van der Waals surface area contributed by atoms with Gasteiger partial charge in [0.25, 0.3) is 0 Å². The van der Waals surface area contributed by atoms with Gasteiger partial charge in [0, 0.05) is 0 Å². The zero-order chi connectivity index (χ0) is 13.4. The van der Waals surface area contributed by atoms with Crippen LogP contribution >= 0.6 is 0 Å². The van der Waals surface area contributed by atoms with Crippen LogP contribution in [0.4, 0.5) is 0 Å². The van der Waals surface area contributed by atoms with Crippen molar-refractivity contribution in [1.29, 1.82) is 0 Å². The Labute approximate surface area is 108 Å². The van der Waals surface area contributed by atoms with Gasteiger partial charge in [0.05, 0.1) is 12.2 Å². The van der Waals surface area contributed by atoms with E-state index >= 15 is 0 Å². The Hall–Kier alpha value is -1.26. The van der Waals surface area contributed by atoms with Crippen molar-refractivity contribution >= 4 is 0 Å². The molecule has 0 spiro atoms. The number of aliphatic hydroxyl groups is 2. The van der Waals surface area contributed by atoms with E-state index in [-0.39, 0.29) is 0 Å². The van der Waals surface area contributed by atoms with E-state index in [1.165, 1.54) is 0 Å². The lowest BCUT2D eigenvalue weighted by molar-refractivity contribution is 0.102. The van der Waals surface area contributed by atoms with Crippen molar-refractivity contribution in [2.24, 2.45) is 0 Å². The van der Waals surface area contributed by atoms with E-state index in [0.717, 1.165) is 0 Å². The summed E-state index contributed by atoms with van der Waals surface area (Å²) in [7, 11) is 0. The molecule has 4 nitrogen and oxygen atoms in total. The van der Waals surface area contributed by atoms with Crippen molar-refractivity contribution < 1.29 is 19.7 Å². The van der Waals surface area contributed by atoms with Crippen molar-refractivity contribution in [3.63, 3.8) is 0 Å². The third kappa shape index (κ3) is 5.38. The Kier molecular flexibility index (Phi) is 6.54. The second kappa shape index (κ2) is 7.95. The quantitative estimate of drug-likeness (QED) is 0.745. The Morgan fingerprint density at radius 3 is 1.44 bits per heavy atom. The largest absolute Gasteiger partial charge is 0.491 e. The van der Waals surface area contributed by atoms with Crippen LogP contribution in [0.2, 0.25) is 0 Å². The molecular formula is C14H22O4. The molecule has 0 heterocycles. The fourth-order valence-electron chi connectivity index (χ4n) is 1.25. The van der Waals surface area contributed by atoms with E-state index in [9.17, 15) is 10.2 Å². The molecule has 0 aliphatic carbocycles. The molecule has 2 N–H and O–H groups in total. The summed E-state index contributed by atoms with van der Waals surface area (Å²) in [6.45, 7) is 4.41. The van der Waals surface area contributed by atoms with E-state index in [2.05, 4.69) is 0 Å². The minimum Gasteiger partial charge on any atom is -0.491 e. The van der Waals surface area contributed by atoms with Gasteiger partial charge >= 0.3 is 0 Å². The number of benzene rings is 1. The van der Waals surface area contributed by atoms with Crippen molar-refractivity contribution in [3.8, 4) is 11.5 Å². The third-order valence-electron chi connectivity index (χ3n) is 2.65. The standard InChI is InChI=1S/C14H22O4/c1-3-11(15)9-17-13-5-7-14(8-6-13)18-10-12(16)4-2/h5-8,11-12,15-16H,3-4,9-10H2,1-2H3. The van der Waals surface area contributed by atoms with E-state index in [4.69, 9.17) is 9.47 Å². The highest BCUT2D eigenvalue weighted by Gasteiger charge is 2.04. The summed E-state index contributed by atoms with van der Waals surface area (Å²) in [6.07, 6.45) is 0.493. The highest BCUT2D eigenvalue weighted by Crippen LogP contribution is 2.18. The van der Waals surface area contributed by atoms with Crippen LogP contribution in [-0.4, -0.2) is 35.6 Å². The number of hydrogen-bond acceptors (Lipinski definition) is 4.